The summed E-state index contributed by atoms with van der Waals surface area (Å²) in [6.45, 7) is 10.5. The van der Waals surface area contributed by atoms with Gasteiger partial charge in [-0.25, -0.2) is 0 Å². The van der Waals surface area contributed by atoms with Gasteiger partial charge in [0.05, 0.1) is 6.54 Å². The zero-order valence-electron chi connectivity index (χ0n) is 13.9. The topological polar surface area (TPSA) is 69.8 Å². The predicted molar refractivity (Wildman–Crippen MR) is 106 cm³/mol. The van der Waals surface area contributed by atoms with E-state index in [1.54, 1.807) is 0 Å². The van der Waals surface area contributed by atoms with Crippen LogP contribution in [0.2, 0.25) is 0 Å². The van der Waals surface area contributed by atoms with Crippen LogP contribution in [-0.2, 0) is 6.42 Å². The fourth-order valence-electron chi connectivity index (χ4n) is 2.56. The number of nitrogens with one attached hydrogen (secondary N) is 1. The van der Waals surface area contributed by atoms with Gasteiger partial charge in [-0.3, -0.25) is 14.9 Å². The van der Waals surface area contributed by atoms with Gasteiger partial charge < -0.3 is 16.0 Å². The average Bonchev–Trinajstić information content (AvgIpc) is 2.56. The molecule has 0 aliphatic carbocycles. The van der Waals surface area contributed by atoms with Gasteiger partial charge in [0.25, 0.3) is 0 Å². The van der Waals surface area contributed by atoms with Crippen LogP contribution in [0.15, 0.2) is 29.4 Å². The molecule has 2 rings (SSSR count). The van der Waals surface area contributed by atoms with Gasteiger partial charge in [-0.05, 0) is 18.7 Å². The second kappa shape index (κ2) is 11.6. The van der Waals surface area contributed by atoms with Crippen molar-refractivity contribution < 1.29 is 0 Å². The maximum Gasteiger partial charge on any atom is 0.188 e. The maximum atomic E-state index is 5.89. The highest BCUT2D eigenvalue weighted by Crippen LogP contribution is 2.00. The van der Waals surface area contributed by atoms with Crippen molar-refractivity contribution in [3.05, 3.63) is 30.1 Å². The molecule has 1 aromatic heterocycles. The Morgan fingerprint density at radius 2 is 2.00 bits per heavy atom. The molecule has 0 unspecified atom stereocenters. The number of aliphatic imine (C=N–C) groups is 1. The molecule has 1 aromatic rings. The van der Waals surface area contributed by atoms with Gasteiger partial charge in [-0.15, -0.1) is 24.0 Å². The second-order valence-electron chi connectivity index (χ2n) is 5.54. The molecular formula is C16H29IN6. The van der Waals surface area contributed by atoms with Crippen molar-refractivity contribution in [1.29, 1.82) is 0 Å². The summed E-state index contributed by atoms with van der Waals surface area (Å²) in [5.41, 5.74) is 6.96. The number of likely N-dealkylation sites (N-methyl/N-ethyl adjacent to an activating group) is 1. The van der Waals surface area contributed by atoms with Gasteiger partial charge in [-0.1, -0.05) is 13.0 Å². The molecule has 1 aliphatic rings. The maximum absolute atomic E-state index is 5.89. The van der Waals surface area contributed by atoms with Crippen molar-refractivity contribution in [2.24, 2.45) is 10.7 Å². The van der Waals surface area contributed by atoms with Crippen LogP contribution < -0.4 is 11.1 Å². The Kier molecular flexibility index (Phi) is 10.1. The lowest BCUT2D eigenvalue weighted by molar-refractivity contribution is 0.140. The number of guanidine groups is 1. The minimum Gasteiger partial charge on any atom is -0.370 e. The van der Waals surface area contributed by atoms with E-state index in [0.717, 1.165) is 64.5 Å². The van der Waals surface area contributed by atoms with Crippen LogP contribution in [0, 0.1) is 0 Å². The minimum absolute atomic E-state index is 0. The van der Waals surface area contributed by atoms with Gasteiger partial charge in [0.1, 0.15) is 0 Å². The van der Waals surface area contributed by atoms with Crippen LogP contribution in [-0.4, -0.2) is 73.1 Å². The summed E-state index contributed by atoms with van der Waals surface area (Å²) in [4.78, 5) is 13.6. The SMILES string of the molecule is CCN1CCN(CCN=C(N)NCCc2ccccn2)CC1.I. The molecule has 0 bridgehead atoms. The number of nitrogens with two attached hydrogens (primary N) is 1. The first kappa shape index (κ1) is 20.1. The number of nitrogens with zero attached hydrogens (tertiary/aromatic N) is 4. The average molecular weight is 432 g/mol. The molecule has 2 heterocycles. The predicted octanol–water partition coefficient (Wildman–Crippen LogP) is 0.784. The fraction of sp³-hybridized carbons (Fsp3) is 0.625. The molecule has 3 N–H and O–H groups in total. The van der Waals surface area contributed by atoms with E-state index in [0.29, 0.717) is 5.96 Å². The van der Waals surface area contributed by atoms with E-state index >= 15 is 0 Å². The smallest absolute Gasteiger partial charge is 0.188 e. The Morgan fingerprint density at radius 1 is 1.26 bits per heavy atom. The Hall–Kier alpha value is -0.930. The zero-order chi connectivity index (χ0) is 15.6. The third kappa shape index (κ3) is 7.94. The van der Waals surface area contributed by atoms with Gasteiger partial charge in [-0.2, -0.15) is 0 Å². The van der Waals surface area contributed by atoms with Crippen LogP contribution in [0.4, 0.5) is 0 Å². The first-order valence-corrected chi connectivity index (χ1v) is 8.16. The van der Waals surface area contributed by atoms with E-state index in [9.17, 15) is 0 Å². The van der Waals surface area contributed by atoms with E-state index in [-0.39, 0.29) is 24.0 Å². The fourth-order valence-corrected chi connectivity index (χ4v) is 2.56. The summed E-state index contributed by atoms with van der Waals surface area (Å²) in [6, 6.07) is 5.94. The summed E-state index contributed by atoms with van der Waals surface area (Å²) < 4.78 is 0. The summed E-state index contributed by atoms with van der Waals surface area (Å²) in [6.07, 6.45) is 2.67. The van der Waals surface area contributed by atoms with Crippen molar-refractivity contribution in [3.63, 3.8) is 0 Å². The molecule has 0 spiro atoms. The van der Waals surface area contributed by atoms with Gasteiger partial charge >= 0.3 is 0 Å². The van der Waals surface area contributed by atoms with Crippen molar-refractivity contribution in [2.45, 2.75) is 13.3 Å². The molecule has 6 nitrogen and oxygen atoms in total. The highest BCUT2D eigenvalue weighted by molar-refractivity contribution is 14.0. The first-order valence-electron chi connectivity index (χ1n) is 8.16. The number of piperazine rings is 1. The Labute approximate surface area is 156 Å². The van der Waals surface area contributed by atoms with Crippen molar-refractivity contribution in [3.8, 4) is 0 Å². The van der Waals surface area contributed by atoms with E-state index in [4.69, 9.17) is 5.73 Å². The molecule has 0 aromatic carbocycles. The van der Waals surface area contributed by atoms with E-state index in [1.807, 2.05) is 24.4 Å². The third-order valence-electron chi connectivity index (χ3n) is 4.02. The lowest BCUT2D eigenvalue weighted by Gasteiger charge is -2.33. The molecule has 23 heavy (non-hydrogen) atoms. The Balaban J connectivity index is 0.00000264. The molecular weight excluding hydrogens is 403 g/mol. The largest absolute Gasteiger partial charge is 0.370 e. The van der Waals surface area contributed by atoms with Crippen LogP contribution in [0.25, 0.3) is 0 Å². The molecule has 130 valence electrons. The molecule has 1 aliphatic heterocycles. The number of aromatic nitrogens is 1. The van der Waals surface area contributed by atoms with Crippen LogP contribution >= 0.6 is 24.0 Å². The molecule has 0 radical (unpaired) electrons. The lowest BCUT2D eigenvalue weighted by atomic mass is 10.3. The molecule has 0 amide bonds. The van der Waals surface area contributed by atoms with Crippen molar-refractivity contribution in [2.75, 3.05) is 52.4 Å². The summed E-state index contributed by atoms with van der Waals surface area (Å²) >= 11 is 0. The van der Waals surface area contributed by atoms with Crippen LogP contribution in [0.1, 0.15) is 12.6 Å². The number of pyridine rings is 1. The second-order valence-corrected chi connectivity index (χ2v) is 5.54. The number of hydrogen-bond acceptors (Lipinski definition) is 4. The Morgan fingerprint density at radius 3 is 2.65 bits per heavy atom. The molecule has 1 fully saturated rings. The minimum atomic E-state index is 0. The first-order chi connectivity index (χ1) is 10.8. The molecule has 1 saturated heterocycles. The van der Waals surface area contributed by atoms with Gasteiger partial charge in [0.2, 0.25) is 0 Å². The van der Waals surface area contributed by atoms with Crippen molar-refractivity contribution >= 4 is 29.9 Å². The molecule has 0 saturated carbocycles. The normalized spacial score (nSPS) is 16.8. The van der Waals surface area contributed by atoms with E-state index in [2.05, 4.69) is 32.0 Å². The zero-order valence-corrected chi connectivity index (χ0v) is 16.3. The van der Waals surface area contributed by atoms with Gasteiger partial charge in [0.15, 0.2) is 5.96 Å². The molecule has 0 atom stereocenters. The van der Waals surface area contributed by atoms with Crippen LogP contribution in [0.5, 0.6) is 0 Å². The van der Waals surface area contributed by atoms with Crippen molar-refractivity contribution in [1.82, 2.24) is 20.1 Å². The van der Waals surface area contributed by atoms with Gasteiger partial charge in [0, 0.05) is 57.6 Å². The standard InChI is InChI=1S/C16H28N6.HI/c1-2-21-11-13-22(14-12-21)10-9-20-16(17)19-8-6-15-5-3-4-7-18-15;/h3-5,7H,2,6,8-14H2,1H3,(H3,17,19,20);1H. The Bertz CT molecular complexity index is 445. The monoisotopic (exact) mass is 432 g/mol. The van der Waals surface area contributed by atoms with E-state index in [1.165, 1.54) is 0 Å². The quantitative estimate of drug-likeness (QED) is 0.379. The summed E-state index contributed by atoms with van der Waals surface area (Å²) in [5.74, 6) is 0.531. The number of hydrogen-bond donors (Lipinski definition) is 2. The van der Waals surface area contributed by atoms with E-state index < -0.39 is 0 Å². The third-order valence-corrected chi connectivity index (χ3v) is 4.02. The highest BCUT2D eigenvalue weighted by atomic mass is 127. The summed E-state index contributed by atoms with van der Waals surface area (Å²) in [7, 11) is 0. The number of rotatable bonds is 7. The summed E-state index contributed by atoms with van der Waals surface area (Å²) in [5, 5.41) is 3.15. The lowest BCUT2D eigenvalue weighted by Crippen LogP contribution is -2.47. The number of halogens is 1. The molecule has 7 heteroatoms. The van der Waals surface area contributed by atoms with Crippen LogP contribution in [0.3, 0.4) is 0 Å². The highest BCUT2D eigenvalue weighted by Gasteiger charge is 2.14.